The molecule has 6 rings (SSSR count). The van der Waals surface area contributed by atoms with E-state index < -0.39 is 16.1 Å². The second-order valence-electron chi connectivity index (χ2n) is 12.8. The number of likely N-dealkylation sites (tertiary alicyclic amines) is 1. The number of hydrogen-bond donors (Lipinski definition) is 2. The highest BCUT2D eigenvalue weighted by Crippen LogP contribution is 2.34. The maximum absolute atomic E-state index is 13.3. The summed E-state index contributed by atoms with van der Waals surface area (Å²) in [5, 5.41) is 17.6. The first-order valence-corrected chi connectivity index (χ1v) is 17.6. The molecule has 3 aromatic rings. The summed E-state index contributed by atoms with van der Waals surface area (Å²) >= 11 is 0. The minimum absolute atomic E-state index is 0.0395. The second-order valence-corrected chi connectivity index (χ2v) is 14.8. The number of nitrogens with zero attached hydrogens (tertiary/aromatic N) is 6. The fraction of sp³-hybridized carbons (Fsp3) is 0.515. The molecule has 3 aliphatic rings. The van der Waals surface area contributed by atoms with E-state index in [0.29, 0.717) is 56.2 Å². The number of nitrogens with two attached hydrogens (primary N) is 1. The summed E-state index contributed by atoms with van der Waals surface area (Å²) < 4.78 is 30.0. The summed E-state index contributed by atoms with van der Waals surface area (Å²) in [7, 11) is -1.76. The van der Waals surface area contributed by atoms with Crippen molar-refractivity contribution >= 4 is 38.7 Å². The lowest BCUT2D eigenvalue weighted by molar-refractivity contribution is -0.120. The molecule has 244 valence electrons. The number of urea groups is 1. The zero-order valence-corrected chi connectivity index (χ0v) is 27.3. The van der Waals surface area contributed by atoms with Crippen molar-refractivity contribution in [1.29, 1.82) is 5.26 Å². The lowest BCUT2D eigenvalue weighted by Crippen LogP contribution is -2.49. The van der Waals surface area contributed by atoms with Gasteiger partial charge < -0.3 is 10.6 Å². The molecular weight excluding hydrogens is 604 g/mol. The normalized spacial score (nSPS) is 20.2. The Morgan fingerprint density at radius 1 is 1.04 bits per heavy atom. The molecule has 3 N–H and O–H groups in total. The Kier molecular flexibility index (Phi) is 9.16. The van der Waals surface area contributed by atoms with Gasteiger partial charge in [0.25, 0.3) is 0 Å². The van der Waals surface area contributed by atoms with Crippen LogP contribution in [-0.4, -0.2) is 84.1 Å². The van der Waals surface area contributed by atoms with Crippen LogP contribution in [0.3, 0.4) is 0 Å². The Morgan fingerprint density at radius 2 is 1.78 bits per heavy atom. The van der Waals surface area contributed by atoms with Crippen molar-refractivity contribution in [1.82, 2.24) is 24.3 Å². The summed E-state index contributed by atoms with van der Waals surface area (Å²) in [6.45, 7) is 5.24. The summed E-state index contributed by atoms with van der Waals surface area (Å²) in [4.78, 5) is 28.3. The molecule has 0 bridgehead atoms. The molecule has 3 fully saturated rings. The molecule has 3 aliphatic heterocycles. The number of carbonyl (C=O) groups is 2. The Morgan fingerprint density at radius 3 is 2.48 bits per heavy atom. The van der Waals surface area contributed by atoms with Crippen LogP contribution < -0.4 is 16.0 Å². The number of aryl methyl sites for hydroxylation is 2. The van der Waals surface area contributed by atoms with E-state index in [9.17, 15) is 23.3 Å². The van der Waals surface area contributed by atoms with E-state index in [1.165, 1.54) is 14.8 Å². The zero-order valence-electron chi connectivity index (χ0n) is 26.5. The molecule has 1 atom stereocenters. The SMILES string of the molecule is CC(CCc1cc(S(=O)(=O)N2CCC(N)CC2)ccc1C#N)N1CCC(c2ccc3c(N4CCC(=O)NC4=O)nn(C)c3c2)CC1. The highest BCUT2D eigenvalue weighted by atomic mass is 32.2. The molecule has 13 heteroatoms. The van der Waals surface area contributed by atoms with Crippen LogP contribution in [0.25, 0.3) is 10.9 Å². The number of nitriles is 1. The molecule has 0 saturated carbocycles. The fourth-order valence-electron chi connectivity index (χ4n) is 7.01. The Bertz CT molecular complexity index is 1780. The van der Waals surface area contributed by atoms with E-state index in [1.54, 1.807) is 22.9 Å². The number of carbonyl (C=O) groups excluding carboxylic acids is 2. The van der Waals surface area contributed by atoms with Gasteiger partial charge in [-0.05, 0) is 106 Å². The third-order valence-corrected chi connectivity index (χ3v) is 11.8. The third kappa shape index (κ3) is 6.40. The Labute approximate surface area is 270 Å². The predicted octanol–water partition coefficient (Wildman–Crippen LogP) is 3.20. The van der Waals surface area contributed by atoms with Crippen molar-refractivity contribution in [2.24, 2.45) is 12.8 Å². The van der Waals surface area contributed by atoms with Crippen LogP contribution in [0.1, 0.15) is 68.1 Å². The number of hydrogen-bond acceptors (Lipinski definition) is 8. The standard InChI is InChI=1S/C33H42N8O4S/c1-22(3-4-24-19-28(7-5-26(24)21-34)46(44,45)40-16-11-27(35)12-17-40)39-14-9-23(10-15-39)25-6-8-29-30(20-25)38(2)37-32(29)41-18-13-31(42)36-33(41)43/h5-8,19-20,22-23,27H,3-4,9-18,35H2,1-2H3,(H,36,42,43). The third-order valence-electron chi connectivity index (χ3n) is 9.95. The predicted molar refractivity (Wildman–Crippen MR) is 175 cm³/mol. The monoisotopic (exact) mass is 646 g/mol. The fourth-order valence-corrected chi connectivity index (χ4v) is 8.53. The lowest BCUT2D eigenvalue weighted by atomic mass is 9.88. The number of nitrogens with one attached hydrogen (secondary N) is 1. The van der Waals surface area contributed by atoms with Gasteiger partial charge in [-0.15, -0.1) is 0 Å². The van der Waals surface area contributed by atoms with Crippen molar-refractivity contribution in [3.63, 3.8) is 0 Å². The average Bonchev–Trinajstić information content (AvgIpc) is 3.38. The smallest absolute Gasteiger partial charge is 0.328 e. The van der Waals surface area contributed by atoms with Crippen molar-refractivity contribution in [2.75, 3.05) is 37.6 Å². The summed E-state index contributed by atoms with van der Waals surface area (Å²) in [6, 6.07) is 13.3. The molecule has 0 radical (unpaired) electrons. The van der Waals surface area contributed by atoms with Gasteiger partial charge in [0.15, 0.2) is 5.82 Å². The van der Waals surface area contributed by atoms with E-state index >= 15 is 0 Å². The van der Waals surface area contributed by atoms with Crippen LogP contribution in [0.4, 0.5) is 10.6 Å². The van der Waals surface area contributed by atoms with Crippen LogP contribution in [-0.2, 0) is 28.3 Å². The van der Waals surface area contributed by atoms with E-state index in [1.807, 2.05) is 13.1 Å². The molecule has 0 spiro atoms. The minimum Gasteiger partial charge on any atom is -0.328 e. The topological polar surface area (TPSA) is 158 Å². The van der Waals surface area contributed by atoms with Gasteiger partial charge in [0.1, 0.15) is 0 Å². The van der Waals surface area contributed by atoms with Gasteiger partial charge >= 0.3 is 6.03 Å². The number of aromatic nitrogens is 2. The summed E-state index contributed by atoms with van der Waals surface area (Å²) in [6.07, 6.45) is 5.02. The molecule has 12 nitrogen and oxygen atoms in total. The Balaban J connectivity index is 1.08. The molecule has 1 unspecified atom stereocenters. The first-order chi connectivity index (χ1) is 22.0. The molecule has 2 aromatic carbocycles. The second kappa shape index (κ2) is 13.1. The van der Waals surface area contributed by atoms with Crippen LogP contribution >= 0.6 is 0 Å². The van der Waals surface area contributed by atoms with Crippen LogP contribution in [0.15, 0.2) is 41.3 Å². The number of amides is 3. The summed E-state index contributed by atoms with van der Waals surface area (Å²) in [5.74, 6) is 0.700. The number of piperidine rings is 2. The van der Waals surface area contributed by atoms with Gasteiger partial charge in [-0.25, -0.2) is 13.2 Å². The van der Waals surface area contributed by atoms with Crippen LogP contribution in [0.5, 0.6) is 0 Å². The maximum Gasteiger partial charge on any atom is 0.329 e. The van der Waals surface area contributed by atoms with Crippen LogP contribution in [0, 0.1) is 11.3 Å². The van der Waals surface area contributed by atoms with Crippen molar-refractivity contribution < 1.29 is 18.0 Å². The van der Waals surface area contributed by atoms with Crippen LogP contribution in [0.2, 0.25) is 0 Å². The quantitative estimate of drug-likeness (QED) is 0.378. The first kappa shape index (κ1) is 32.1. The largest absolute Gasteiger partial charge is 0.329 e. The molecule has 0 aliphatic carbocycles. The molecule has 1 aromatic heterocycles. The average molecular weight is 647 g/mol. The zero-order chi connectivity index (χ0) is 32.6. The van der Waals surface area contributed by atoms with Crippen molar-refractivity contribution in [2.45, 2.75) is 74.8 Å². The van der Waals surface area contributed by atoms with Gasteiger partial charge in [0.2, 0.25) is 15.9 Å². The van der Waals surface area contributed by atoms with Gasteiger partial charge in [0, 0.05) is 50.6 Å². The van der Waals surface area contributed by atoms with Crippen molar-refractivity contribution in [3.8, 4) is 6.07 Å². The molecule has 4 heterocycles. The van der Waals surface area contributed by atoms with E-state index in [-0.39, 0.29) is 29.3 Å². The number of anilines is 1. The number of sulfonamides is 1. The number of rotatable bonds is 8. The van der Waals surface area contributed by atoms with Gasteiger partial charge in [-0.2, -0.15) is 14.7 Å². The number of imide groups is 1. The maximum atomic E-state index is 13.3. The number of benzene rings is 2. The van der Waals surface area contributed by atoms with E-state index in [2.05, 4.69) is 40.4 Å². The van der Waals surface area contributed by atoms with E-state index in [0.717, 1.165) is 48.8 Å². The highest BCUT2D eigenvalue weighted by molar-refractivity contribution is 7.89. The molecule has 46 heavy (non-hydrogen) atoms. The molecule has 3 amide bonds. The van der Waals surface area contributed by atoms with Crippen molar-refractivity contribution in [3.05, 3.63) is 53.1 Å². The highest BCUT2D eigenvalue weighted by Gasteiger charge is 2.31. The minimum atomic E-state index is -3.63. The van der Waals surface area contributed by atoms with E-state index in [4.69, 9.17) is 5.73 Å². The van der Waals surface area contributed by atoms with Gasteiger partial charge in [-0.3, -0.25) is 19.7 Å². The Hall–Kier alpha value is -3.83. The molecule has 3 saturated heterocycles. The lowest BCUT2D eigenvalue weighted by Gasteiger charge is -2.36. The summed E-state index contributed by atoms with van der Waals surface area (Å²) in [5.41, 5.74) is 9.48. The van der Waals surface area contributed by atoms with Gasteiger partial charge in [-0.1, -0.05) is 6.07 Å². The first-order valence-electron chi connectivity index (χ1n) is 16.2. The van der Waals surface area contributed by atoms with Gasteiger partial charge in [0.05, 0.1) is 22.0 Å². The number of fused-ring (bicyclic) bond motifs is 1. The molecular formula is C33H42N8O4S.